The molecular weight excluding hydrogens is 324 g/mol. The summed E-state index contributed by atoms with van der Waals surface area (Å²) in [5.41, 5.74) is 0. The Balaban J connectivity index is 4.97. The van der Waals surface area contributed by atoms with Crippen LogP contribution in [0.2, 0.25) is 0 Å². The average Bonchev–Trinajstić information content (AvgIpc) is 2.59. The van der Waals surface area contributed by atoms with Crippen LogP contribution in [0.4, 0.5) is 0 Å². The van der Waals surface area contributed by atoms with Crippen molar-refractivity contribution in [2.24, 2.45) is 17.8 Å². The highest BCUT2D eigenvalue weighted by molar-refractivity contribution is 5.76. The van der Waals surface area contributed by atoms with E-state index in [1.165, 1.54) is 21.1 Å². The van der Waals surface area contributed by atoms with Gasteiger partial charge in [-0.25, -0.2) is 0 Å². The average molecular weight is 356 g/mol. The first-order valence-corrected chi connectivity index (χ1v) is 8.75. The Morgan fingerprint density at radius 2 is 1.72 bits per heavy atom. The van der Waals surface area contributed by atoms with Crippen LogP contribution in [-0.4, -0.2) is 38.2 Å². The third-order valence-electron chi connectivity index (χ3n) is 4.28. The van der Waals surface area contributed by atoms with E-state index in [0.29, 0.717) is 19.3 Å². The largest absolute Gasteiger partial charge is 0.469 e. The molecule has 0 rings (SSSR count). The van der Waals surface area contributed by atoms with E-state index in [2.05, 4.69) is 4.74 Å². The fourth-order valence-corrected chi connectivity index (χ4v) is 2.47. The molecule has 0 aromatic heterocycles. The molecule has 0 heterocycles. The van der Waals surface area contributed by atoms with Crippen molar-refractivity contribution >= 4 is 17.9 Å². The minimum Gasteiger partial charge on any atom is -0.469 e. The molecule has 0 aliphatic heterocycles. The Bertz CT molecular complexity index is 457. The second-order valence-electron chi connectivity index (χ2n) is 6.39. The lowest BCUT2D eigenvalue weighted by Crippen LogP contribution is -2.36. The van der Waals surface area contributed by atoms with Crippen molar-refractivity contribution in [2.45, 2.75) is 59.5 Å². The summed E-state index contributed by atoms with van der Waals surface area (Å²) in [7, 11) is 2.70. The Hall–Kier alpha value is -1.85. The molecule has 144 valence electrons. The van der Waals surface area contributed by atoms with E-state index in [1.54, 1.807) is 6.08 Å². The number of hydrogen-bond donors (Lipinski definition) is 0. The number of ether oxygens (including phenoxy) is 3. The fourth-order valence-electron chi connectivity index (χ4n) is 2.47. The summed E-state index contributed by atoms with van der Waals surface area (Å²) < 4.78 is 14.9. The van der Waals surface area contributed by atoms with Crippen LogP contribution < -0.4 is 0 Å². The highest BCUT2D eigenvalue weighted by Gasteiger charge is 2.33. The number of carbonyl (C=O) groups is 3. The van der Waals surface area contributed by atoms with Gasteiger partial charge in [-0.2, -0.15) is 0 Å². The lowest BCUT2D eigenvalue weighted by atomic mass is 9.89. The number of carbonyl (C=O) groups excluding carboxylic acids is 3. The fraction of sp³-hybridized carbons (Fsp3) is 0.737. The zero-order valence-corrected chi connectivity index (χ0v) is 16.2. The topological polar surface area (TPSA) is 78.9 Å². The van der Waals surface area contributed by atoms with Crippen molar-refractivity contribution in [3.8, 4) is 0 Å². The molecule has 0 aromatic carbocycles. The standard InChI is InChI=1S/C19H32O6/c1-7-14(3)18(25-15(4)20)16(19(22)24-6)10-8-9-13(2)11-12-17(21)23-5/h8,10,13-14,16,18H,7,9,11-12H2,1-6H3/b10-8+/t13-,14-,16+,18+/m0/s1. The number of rotatable bonds is 11. The van der Waals surface area contributed by atoms with Crippen LogP contribution in [0.5, 0.6) is 0 Å². The van der Waals surface area contributed by atoms with E-state index in [4.69, 9.17) is 9.47 Å². The van der Waals surface area contributed by atoms with Gasteiger partial charge >= 0.3 is 17.9 Å². The molecule has 0 fully saturated rings. The highest BCUT2D eigenvalue weighted by atomic mass is 16.6. The van der Waals surface area contributed by atoms with Crippen LogP contribution >= 0.6 is 0 Å². The van der Waals surface area contributed by atoms with Crippen molar-refractivity contribution in [2.75, 3.05) is 14.2 Å². The van der Waals surface area contributed by atoms with Crippen molar-refractivity contribution < 1.29 is 28.6 Å². The van der Waals surface area contributed by atoms with Crippen LogP contribution in [0.1, 0.15) is 53.4 Å². The normalized spacial score (nSPS) is 15.9. The van der Waals surface area contributed by atoms with Gasteiger partial charge in [-0.05, 0) is 24.7 Å². The van der Waals surface area contributed by atoms with Gasteiger partial charge in [0.1, 0.15) is 12.0 Å². The van der Waals surface area contributed by atoms with Gasteiger partial charge in [-0.1, -0.05) is 39.3 Å². The molecule has 6 heteroatoms. The number of esters is 3. The van der Waals surface area contributed by atoms with Gasteiger partial charge in [0.15, 0.2) is 0 Å². The first kappa shape index (κ1) is 23.1. The van der Waals surface area contributed by atoms with Gasteiger partial charge in [-0.15, -0.1) is 0 Å². The third kappa shape index (κ3) is 9.27. The van der Waals surface area contributed by atoms with Crippen LogP contribution in [0.25, 0.3) is 0 Å². The zero-order valence-electron chi connectivity index (χ0n) is 16.2. The monoisotopic (exact) mass is 356 g/mol. The van der Waals surface area contributed by atoms with Crippen LogP contribution in [0.15, 0.2) is 12.2 Å². The van der Waals surface area contributed by atoms with Gasteiger partial charge in [-0.3, -0.25) is 14.4 Å². The van der Waals surface area contributed by atoms with Crippen LogP contribution in [0.3, 0.4) is 0 Å². The maximum absolute atomic E-state index is 12.2. The van der Waals surface area contributed by atoms with Crippen molar-refractivity contribution in [3.63, 3.8) is 0 Å². The molecule has 25 heavy (non-hydrogen) atoms. The molecule has 0 saturated carbocycles. The minimum atomic E-state index is -0.642. The minimum absolute atomic E-state index is 0.0226. The van der Waals surface area contributed by atoms with Crippen molar-refractivity contribution in [1.29, 1.82) is 0 Å². The molecule has 6 nitrogen and oxygen atoms in total. The molecule has 4 atom stereocenters. The second-order valence-corrected chi connectivity index (χ2v) is 6.39. The Morgan fingerprint density at radius 3 is 2.20 bits per heavy atom. The molecule has 0 amide bonds. The Labute approximate surface area is 150 Å². The maximum atomic E-state index is 12.2. The molecule has 0 saturated heterocycles. The number of hydrogen-bond acceptors (Lipinski definition) is 6. The zero-order chi connectivity index (χ0) is 19.4. The van der Waals surface area contributed by atoms with Gasteiger partial charge < -0.3 is 14.2 Å². The smallest absolute Gasteiger partial charge is 0.316 e. The summed E-state index contributed by atoms with van der Waals surface area (Å²) in [5.74, 6) is -1.42. The van der Waals surface area contributed by atoms with Crippen molar-refractivity contribution in [1.82, 2.24) is 0 Å². The summed E-state index contributed by atoms with van der Waals surface area (Å²) in [5, 5.41) is 0. The summed E-state index contributed by atoms with van der Waals surface area (Å²) >= 11 is 0. The Kier molecular flexibility index (Phi) is 11.6. The first-order valence-electron chi connectivity index (χ1n) is 8.75. The highest BCUT2D eigenvalue weighted by Crippen LogP contribution is 2.24. The van der Waals surface area contributed by atoms with Gasteiger partial charge in [0.05, 0.1) is 14.2 Å². The third-order valence-corrected chi connectivity index (χ3v) is 4.28. The lowest BCUT2D eigenvalue weighted by molar-refractivity contribution is -0.159. The Morgan fingerprint density at radius 1 is 1.08 bits per heavy atom. The molecule has 0 N–H and O–H groups in total. The molecule has 0 unspecified atom stereocenters. The van der Waals surface area contributed by atoms with E-state index in [1.807, 2.05) is 26.8 Å². The first-order chi connectivity index (χ1) is 11.8. The molecule has 0 aliphatic rings. The van der Waals surface area contributed by atoms with E-state index in [0.717, 1.165) is 6.42 Å². The quantitative estimate of drug-likeness (QED) is 0.321. The van der Waals surface area contributed by atoms with E-state index in [9.17, 15) is 14.4 Å². The van der Waals surface area contributed by atoms with Crippen LogP contribution in [0, 0.1) is 17.8 Å². The SMILES string of the molecule is CC[C@H](C)[C@@H](OC(C)=O)[C@@H](/C=C/C[C@H](C)CCC(=O)OC)C(=O)OC. The molecule has 0 spiro atoms. The summed E-state index contributed by atoms with van der Waals surface area (Å²) in [4.78, 5) is 34.7. The lowest BCUT2D eigenvalue weighted by Gasteiger charge is -2.27. The molecule has 0 radical (unpaired) electrons. The van der Waals surface area contributed by atoms with E-state index >= 15 is 0 Å². The molecule has 0 bridgehead atoms. The predicted octanol–water partition coefficient (Wildman–Crippen LogP) is 3.29. The van der Waals surface area contributed by atoms with Crippen LogP contribution in [-0.2, 0) is 28.6 Å². The maximum Gasteiger partial charge on any atom is 0.316 e. The molecular formula is C19H32O6. The van der Waals surface area contributed by atoms with Gasteiger partial charge in [0, 0.05) is 13.3 Å². The second kappa shape index (κ2) is 12.5. The van der Waals surface area contributed by atoms with Crippen molar-refractivity contribution in [3.05, 3.63) is 12.2 Å². The molecule has 0 aromatic rings. The van der Waals surface area contributed by atoms with Gasteiger partial charge in [0.25, 0.3) is 0 Å². The summed E-state index contributed by atoms with van der Waals surface area (Å²) in [6.45, 7) is 7.28. The summed E-state index contributed by atoms with van der Waals surface area (Å²) in [6, 6.07) is 0. The summed E-state index contributed by atoms with van der Waals surface area (Å²) in [6.07, 6.45) is 5.64. The van der Waals surface area contributed by atoms with Gasteiger partial charge in [0.2, 0.25) is 0 Å². The number of methoxy groups -OCH3 is 2. The molecule has 0 aliphatic carbocycles. The van der Waals surface area contributed by atoms with E-state index in [-0.39, 0.29) is 17.8 Å². The predicted molar refractivity (Wildman–Crippen MR) is 94.7 cm³/mol. The number of allylic oxidation sites excluding steroid dienone is 1. The van der Waals surface area contributed by atoms with E-state index < -0.39 is 24.0 Å².